The molecule has 258 valence electrons. The third-order valence-corrected chi connectivity index (χ3v) is 8.89. The maximum absolute atomic E-state index is 5.89. The van der Waals surface area contributed by atoms with Crippen LogP contribution < -0.4 is 9.47 Å². The summed E-state index contributed by atoms with van der Waals surface area (Å²) in [5.41, 5.74) is 4.86. The summed E-state index contributed by atoms with van der Waals surface area (Å²) in [6, 6.07) is 17.4. The molecule has 2 aromatic carbocycles. The van der Waals surface area contributed by atoms with E-state index < -0.39 is 0 Å². The van der Waals surface area contributed by atoms with Crippen LogP contribution in [0.2, 0.25) is 0 Å². The fourth-order valence-corrected chi connectivity index (χ4v) is 5.88. The maximum atomic E-state index is 5.89. The van der Waals surface area contributed by atoms with Crippen LogP contribution in [-0.4, -0.2) is 33.1 Å². The lowest BCUT2D eigenvalue weighted by Gasteiger charge is -2.08. The highest BCUT2D eigenvalue weighted by molar-refractivity contribution is 5.56. The molecule has 0 saturated heterocycles. The Balaban J connectivity index is 1.03. The van der Waals surface area contributed by atoms with E-state index in [-0.39, 0.29) is 0 Å². The van der Waals surface area contributed by atoms with Gasteiger partial charge in [-0.25, -0.2) is 19.9 Å². The van der Waals surface area contributed by atoms with E-state index in [1.807, 2.05) is 0 Å². The minimum atomic E-state index is 0.659. The molecule has 0 saturated carbocycles. The van der Waals surface area contributed by atoms with E-state index in [0.29, 0.717) is 24.7 Å². The van der Waals surface area contributed by atoms with Crippen LogP contribution in [0.1, 0.15) is 128 Å². The molecule has 2 heterocycles. The van der Waals surface area contributed by atoms with Crippen LogP contribution in [0, 0.1) is 0 Å². The summed E-state index contributed by atoms with van der Waals surface area (Å²) in [5.74, 6) is 2.91. The Labute approximate surface area is 290 Å². The molecule has 4 rings (SSSR count). The van der Waals surface area contributed by atoms with Crippen molar-refractivity contribution in [2.45, 2.75) is 129 Å². The second kappa shape index (κ2) is 22.7. The van der Waals surface area contributed by atoms with Crippen LogP contribution in [0.4, 0.5) is 0 Å². The molecule has 0 amide bonds. The van der Waals surface area contributed by atoms with Gasteiger partial charge in [-0.2, -0.15) is 0 Å². The molecule has 48 heavy (non-hydrogen) atoms. The normalized spacial score (nSPS) is 11.1. The largest absolute Gasteiger partial charge is 0.490 e. The average Bonchev–Trinajstić information content (AvgIpc) is 3.13. The molecule has 0 atom stereocenters. The molecule has 6 nitrogen and oxygen atoms in total. The van der Waals surface area contributed by atoms with Crippen molar-refractivity contribution in [2.24, 2.45) is 0 Å². The second-order valence-electron chi connectivity index (χ2n) is 13.0. The van der Waals surface area contributed by atoms with Gasteiger partial charge in [-0.05, 0) is 62.5 Å². The van der Waals surface area contributed by atoms with Gasteiger partial charge < -0.3 is 9.47 Å². The van der Waals surface area contributed by atoms with Crippen LogP contribution in [0.15, 0.2) is 73.3 Å². The fraction of sp³-hybridized carbons (Fsp3) is 0.524. The number of unbranched alkanes of at least 4 members (excludes halogenated alkanes) is 13. The van der Waals surface area contributed by atoms with E-state index in [0.717, 1.165) is 61.3 Å². The zero-order valence-electron chi connectivity index (χ0n) is 29.7. The Hall–Kier alpha value is -3.80. The molecule has 0 N–H and O–H groups in total. The third kappa shape index (κ3) is 14.1. The van der Waals surface area contributed by atoms with E-state index in [2.05, 4.69) is 82.3 Å². The number of ether oxygens (including phenoxy) is 2. The van der Waals surface area contributed by atoms with Crippen molar-refractivity contribution in [1.29, 1.82) is 0 Å². The van der Waals surface area contributed by atoms with E-state index in [9.17, 15) is 0 Å². The summed E-state index contributed by atoms with van der Waals surface area (Å²) in [6.45, 7) is 5.85. The van der Waals surface area contributed by atoms with E-state index >= 15 is 0 Å². The number of hydrogen-bond donors (Lipinski definition) is 0. The fourth-order valence-electron chi connectivity index (χ4n) is 5.88. The summed E-state index contributed by atoms with van der Waals surface area (Å²) >= 11 is 0. The zero-order chi connectivity index (χ0) is 33.5. The summed E-state index contributed by atoms with van der Waals surface area (Å²) in [4.78, 5) is 18.1. The van der Waals surface area contributed by atoms with Crippen molar-refractivity contribution in [1.82, 2.24) is 19.9 Å². The van der Waals surface area contributed by atoms with Crippen LogP contribution in [0.25, 0.3) is 22.8 Å². The molecule has 0 spiro atoms. The third-order valence-electron chi connectivity index (χ3n) is 8.89. The highest BCUT2D eigenvalue weighted by Crippen LogP contribution is 2.21. The van der Waals surface area contributed by atoms with Crippen LogP contribution >= 0.6 is 0 Å². The SMILES string of the molecule is CCCCCCCCc1ccc(-c2ncc(OCCCCCCOc3cnc(-c4ccc(CCCCCCCC)cc4)nc3)cn2)cc1. The van der Waals surface area contributed by atoms with Gasteiger partial charge >= 0.3 is 0 Å². The van der Waals surface area contributed by atoms with Gasteiger partial charge in [-0.1, -0.05) is 127 Å². The number of aryl methyl sites for hydroxylation is 2. The van der Waals surface area contributed by atoms with Gasteiger partial charge in [-0.3, -0.25) is 0 Å². The first-order valence-corrected chi connectivity index (χ1v) is 18.8. The van der Waals surface area contributed by atoms with Gasteiger partial charge in [-0.15, -0.1) is 0 Å². The molecule has 4 aromatic rings. The van der Waals surface area contributed by atoms with Gasteiger partial charge in [0.1, 0.15) is 0 Å². The Bertz CT molecular complexity index is 1260. The predicted octanol–water partition coefficient (Wildman–Crippen LogP) is 11.4. The average molecular weight is 651 g/mol. The first kappa shape index (κ1) is 37.0. The quantitative estimate of drug-likeness (QED) is 0.0665. The predicted molar refractivity (Wildman–Crippen MR) is 199 cm³/mol. The summed E-state index contributed by atoms with van der Waals surface area (Å²) in [6.07, 6.45) is 29.5. The summed E-state index contributed by atoms with van der Waals surface area (Å²) < 4.78 is 11.8. The Morgan fingerprint density at radius 2 is 0.729 bits per heavy atom. The topological polar surface area (TPSA) is 70.0 Å². The number of hydrogen-bond acceptors (Lipinski definition) is 6. The van der Waals surface area contributed by atoms with Gasteiger partial charge in [0.2, 0.25) is 0 Å². The maximum Gasteiger partial charge on any atom is 0.159 e. The number of nitrogens with zero attached hydrogens (tertiary/aromatic N) is 4. The molecule has 0 fully saturated rings. The summed E-state index contributed by atoms with van der Waals surface area (Å²) in [5, 5.41) is 0. The molecule has 0 aliphatic rings. The second-order valence-corrected chi connectivity index (χ2v) is 13.0. The van der Waals surface area contributed by atoms with Crippen molar-refractivity contribution >= 4 is 0 Å². The van der Waals surface area contributed by atoms with Crippen molar-refractivity contribution < 1.29 is 9.47 Å². The Kier molecular flexibility index (Phi) is 17.5. The molecular weight excluding hydrogens is 592 g/mol. The van der Waals surface area contributed by atoms with E-state index in [4.69, 9.17) is 9.47 Å². The first-order valence-electron chi connectivity index (χ1n) is 18.8. The molecule has 2 aromatic heterocycles. The molecule has 0 unspecified atom stereocenters. The van der Waals surface area contributed by atoms with Crippen molar-refractivity contribution in [2.75, 3.05) is 13.2 Å². The zero-order valence-corrected chi connectivity index (χ0v) is 29.7. The van der Waals surface area contributed by atoms with Crippen molar-refractivity contribution in [3.8, 4) is 34.3 Å². The van der Waals surface area contributed by atoms with Crippen LogP contribution in [0.3, 0.4) is 0 Å². The van der Waals surface area contributed by atoms with Crippen molar-refractivity contribution in [3.63, 3.8) is 0 Å². The standard InChI is InChI=1S/C42H58N4O2/c1-3-5-7-9-11-15-19-35-21-25-37(26-22-35)41-43-31-39(32-44-41)47-29-17-13-14-18-30-48-40-33-45-42(46-34-40)38-27-23-36(24-28-38)20-16-12-10-8-6-4-2/h21-28,31-34H,3-20,29-30H2,1-2H3. The first-order chi connectivity index (χ1) is 23.7. The van der Waals surface area contributed by atoms with Crippen LogP contribution in [-0.2, 0) is 12.8 Å². The summed E-state index contributed by atoms with van der Waals surface area (Å²) in [7, 11) is 0. The Morgan fingerprint density at radius 1 is 0.396 bits per heavy atom. The Morgan fingerprint density at radius 3 is 1.10 bits per heavy atom. The van der Waals surface area contributed by atoms with Gasteiger partial charge in [0.25, 0.3) is 0 Å². The smallest absolute Gasteiger partial charge is 0.159 e. The van der Waals surface area contributed by atoms with E-state index in [1.54, 1.807) is 24.8 Å². The molecule has 0 radical (unpaired) electrons. The molecular formula is C42H58N4O2. The monoisotopic (exact) mass is 650 g/mol. The molecule has 6 heteroatoms. The van der Waals surface area contributed by atoms with Gasteiger partial charge in [0.15, 0.2) is 23.1 Å². The number of benzene rings is 2. The molecule has 0 aliphatic heterocycles. The van der Waals surface area contributed by atoms with Gasteiger partial charge in [0, 0.05) is 11.1 Å². The molecule has 0 aliphatic carbocycles. The highest BCUT2D eigenvalue weighted by atomic mass is 16.5. The minimum absolute atomic E-state index is 0.659. The molecule has 0 bridgehead atoms. The number of aromatic nitrogens is 4. The highest BCUT2D eigenvalue weighted by Gasteiger charge is 2.05. The minimum Gasteiger partial charge on any atom is -0.490 e. The lowest BCUT2D eigenvalue weighted by atomic mass is 10.0. The lowest BCUT2D eigenvalue weighted by Crippen LogP contribution is -2.01. The van der Waals surface area contributed by atoms with Crippen LogP contribution in [0.5, 0.6) is 11.5 Å². The van der Waals surface area contributed by atoms with E-state index in [1.165, 1.54) is 88.2 Å². The number of rotatable bonds is 25. The lowest BCUT2D eigenvalue weighted by molar-refractivity contribution is 0.285. The van der Waals surface area contributed by atoms with Crippen molar-refractivity contribution in [3.05, 3.63) is 84.4 Å². The van der Waals surface area contributed by atoms with Gasteiger partial charge in [0.05, 0.1) is 38.0 Å².